The molecule has 0 fully saturated rings. The van der Waals surface area contributed by atoms with Crippen LogP contribution < -0.4 is 0 Å². The third-order valence-electron chi connectivity index (χ3n) is 1.40. The first-order valence-corrected chi connectivity index (χ1v) is 5.89. The van der Waals surface area contributed by atoms with Crippen molar-refractivity contribution in [2.45, 2.75) is 11.3 Å². The standard InChI is InChI=1S/C7H6ClN3S2/c1-2-12-7-11-4-5(8)9-3-10-6(4)13-7/h3H,2H2,1H3. The van der Waals surface area contributed by atoms with Gasteiger partial charge in [-0.25, -0.2) is 15.0 Å². The highest BCUT2D eigenvalue weighted by atomic mass is 35.5. The van der Waals surface area contributed by atoms with Crippen LogP contribution in [0.25, 0.3) is 10.3 Å². The number of nitrogens with zero attached hydrogens (tertiary/aromatic N) is 3. The van der Waals surface area contributed by atoms with Crippen LogP contribution in [0.1, 0.15) is 6.92 Å². The molecule has 6 heteroatoms. The van der Waals surface area contributed by atoms with Gasteiger partial charge in [0.1, 0.15) is 16.7 Å². The second-order valence-corrected chi connectivity index (χ2v) is 5.08. The molecule has 0 N–H and O–H groups in total. The van der Waals surface area contributed by atoms with Crippen LogP contribution in [0.2, 0.25) is 5.15 Å². The second kappa shape index (κ2) is 3.77. The molecule has 2 heterocycles. The van der Waals surface area contributed by atoms with E-state index < -0.39 is 0 Å². The van der Waals surface area contributed by atoms with E-state index in [1.165, 1.54) is 6.33 Å². The molecule has 2 rings (SSSR count). The summed E-state index contributed by atoms with van der Waals surface area (Å²) in [5, 5.41) is 0.434. The minimum Gasteiger partial charge on any atom is -0.225 e. The fraction of sp³-hybridized carbons (Fsp3) is 0.286. The first-order valence-electron chi connectivity index (χ1n) is 3.71. The van der Waals surface area contributed by atoms with Crippen molar-refractivity contribution in [2.75, 3.05) is 5.75 Å². The average molecular weight is 232 g/mol. The van der Waals surface area contributed by atoms with Crippen molar-refractivity contribution in [2.24, 2.45) is 0 Å². The molecule has 0 saturated heterocycles. The largest absolute Gasteiger partial charge is 0.225 e. The van der Waals surface area contributed by atoms with Crippen LogP contribution in [0.3, 0.4) is 0 Å². The van der Waals surface area contributed by atoms with Crippen LogP contribution in [-0.2, 0) is 0 Å². The van der Waals surface area contributed by atoms with Gasteiger partial charge in [0.05, 0.1) is 0 Å². The quantitative estimate of drug-likeness (QED) is 0.589. The van der Waals surface area contributed by atoms with E-state index in [1.807, 2.05) is 0 Å². The maximum atomic E-state index is 5.85. The fourth-order valence-corrected chi connectivity index (χ4v) is 2.99. The molecule has 2 aromatic rings. The first-order chi connectivity index (χ1) is 6.31. The highest BCUT2D eigenvalue weighted by Crippen LogP contribution is 2.30. The van der Waals surface area contributed by atoms with Gasteiger partial charge in [-0.05, 0) is 5.75 Å². The number of thioether (sulfide) groups is 1. The fourth-order valence-electron chi connectivity index (χ4n) is 0.893. The third-order valence-corrected chi connectivity index (χ3v) is 3.66. The van der Waals surface area contributed by atoms with E-state index in [4.69, 9.17) is 11.6 Å². The minimum atomic E-state index is 0.434. The Morgan fingerprint density at radius 3 is 3.08 bits per heavy atom. The van der Waals surface area contributed by atoms with Crippen molar-refractivity contribution in [3.63, 3.8) is 0 Å². The lowest BCUT2D eigenvalue weighted by Crippen LogP contribution is -1.79. The molecule has 68 valence electrons. The van der Waals surface area contributed by atoms with Crippen LogP contribution in [0.5, 0.6) is 0 Å². The van der Waals surface area contributed by atoms with Gasteiger partial charge >= 0.3 is 0 Å². The van der Waals surface area contributed by atoms with E-state index >= 15 is 0 Å². The van der Waals surface area contributed by atoms with Gasteiger partial charge in [0.25, 0.3) is 0 Å². The van der Waals surface area contributed by atoms with Gasteiger partial charge in [0, 0.05) is 0 Å². The van der Waals surface area contributed by atoms with Crippen molar-refractivity contribution in [1.29, 1.82) is 0 Å². The molecule has 0 aliphatic heterocycles. The van der Waals surface area contributed by atoms with Crippen LogP contribution in [-0.4, -0.2) is 20.7 Å². The average Bonchev–Trinajstić information content (AvgIpc) is 2.49. The highest BCUT2D eigenvalue weighted by molar-refractivity contribution is 8.01. The Bertz CT molecular complexity index is 429. The Morgan fingerprint density at radius 1 is 1.54 bits per heavy atom. The summed E-state index contributed by atoms with van der Waals surface area (Å²) < 4.78 is 1.000. The van der Waals surface area contributed by atoms with E-state index in [9.17, 15) is 0 Å². The third kappa shape index (κ3) is 1.77. The molecule has 3 nitrogen and oxygen atoms in total. The predicted octanol–water partition coefficient (Wildman–Crippen LogP) is 2.85. The van der Waals surface area contributed by atoms with Gasteiger partial charge in [-0.2, -0.15) is 0 Å². The second-order valence-electron chi connectivity index (χ2n) is 2.23. The summed E-state index contributed by atoms with van der Waals surface area (Å²) in [7, 11) is 0. The number of thiazole rings is 1. The predicted molar refractivity (Wildman–Crippen MR) is 56.6 cm³/mol. The van der Waals surface area contributed by atoms with Gasteiger partial charge in [-0.15, -0.1) is 0 Å². The van der Waals surface area contributed by atoms with Gasteiger partial charge in [0.15, 0.2) is 9.49 Å². The molecule has 0 atom stereocenters. The maximum absolute atomic E-state index is 5.85. The van der Waals surface area contributed by atoms with Crippen molar-refractivity contribution < 1.29 is 0 Å². The summed E-state index contributed by atoms with van der Waals surface area (Å²) in [5.41, 5.74) is 0.713. The first kappa shape index (κ1) is 9.18. The lowest BCUT2D eigenvalue weighted by Gasteiger charge is -1.86. The van der Waals surface area contributed by atoms with E-state index in [1.54, 1.807) is 23.1 Å². The Morgan fingerprint density at radius 2 is 2.38 bits per heavy atom. The number of hydrogen-bond donors (Lipinski definition) is 0. The SMILES string of the molecule is CCSc1nc2c(Cl)ncnc2s1. The number of aromatic nitrogens is 3. The zero-order valence-electron chi connectivity index (χ0n) is 6.82. The summed E-state index contributed by atoms with van der Waals surface area (Å²) in [5.74, 6) is 1.00. The molecule has 2 aromatic heterocycles. The molecule has 0 aliphatic carbocycles. The Labute approximate surface area is 88.6 Å². The Kier molecular flexibility index (Phi) is 2.66. The van der Waals surface area contributed by atoms with Gasteiger partial charge in [0.2, 0.25) is 0 Å². The molecule has 13 heavy (non-hydrogen) atoms. The van der Waals surface area contributed by atoms with Gasteiger partial charge in [-0.1, -0.05) is 41.6 Å². The van der Waals surface area contributed by atoms with E-state index in [-0.39, 0.29) is 0 Å². The number of rotatable bonds is 2. The number of hydrogen-bond acceptors (Lipinski definition) is 5. The summed E-state index contributed by atoms with van der Waals surface area (Å²) in [6, 6.07) is 0. The molecule has 0 aromatic carbocycles. The maximum Gasteiger partial charge on any atom is 0.159 e. The zero-order chi connectivity index (χ0) is 9.26. The molecule has 0 saturated carbocycles. The normalized spacial score (nSPS) is 10.9. The summed E-state index contributed by atoms with van der Waals surface area (Å²) >= 11 is 9.10. The molecule has 0 spiro atoms. The Balaban J connectivity index is 2.55. The van der Waals surface area contributed by atoms with E-state index in [0.717, 1.165) is 14.9 Å². The smallest absolute Gasteiger partial charge is 0.159 e. The molecule has 0 radical (unpaired) electrons. The van der Waals surface area contributed by atoms with Crippen molar-refractivity contribution in [3.05, 3.63) is 11.5 Å². The Hall–Kier alpha value is -0.390. The summed E-state index contributed by atoms with van der Waals surface area (Å²) in [4.78, 5) is 13.1. The zero-order valence-corrected chi connectivity index (χ0v) is 9.21. The lowest BCUT2D eigenvalue weighted by molar-refractivity contribution is 1.20. The van der Waals surface area contributed by atoms with Crippen LogP contribution >= 0.6 is 34.7 Å². The van der Waals surface area contributed by atoms with Crippen LogP contribution in [0.15, 0.2) is 10.7 Å². The van der Waals surface area contributed by atoms with Crippen LogP contribution in [0, 0.1) is 0 Å². The monoisotopic (exact) mass is 231 g/mol. The number of halogens is 1. The van der Waals surface area contributed by atoms with E-state index in [2.05, 4.69) is 21.9 Å². The number of fused-ring (bicyclic) bond motifs is 1. The molecular weight excluding hydrogens is 226 g/mol. The molecule has 0 unspecified atom stereocenters. The summed E-state index contributed by atoms with van der Waals surface area (Å²) in [6.07, 6.45) is 1.46. The molecule has 0 aliphatic rings. The van der Waals surface area contributed by atoms with Gasteiger partial charge in [-0.3, -0.25) is 0 Å². The highest BCUT2D eigenvalue weighted by Gasteiger charge is 2.08. The molecule has 0 amide bonds. The molecule has 0 bridgehead atoms. The summed E-state index contributed by atoms with van der Waals surface area (Å²) in [6.45, 7) is 2.09. The van der Waals surface area contributed by atoms with Crippen molar-refractivity contribution in [3.8, 4) is 0 Å². The lowest BCUT2D eigenvalue weighted by atomic mass is 10.6. The minimum absolute atomic E-state index is 0.434. The van der Waals surface area contributed by atoms with E-state index in [0.29, 0.717) is 10.7 Å². The molecular formula is C7H6ClN3S2. The van der Waals surface area contributed by atoms with Gasteiger partial charge < -0.3 is 0 Å². The van der Waals surface area contributed by atoms with Crippen molar-refractivity contribution in [1.82, 2.24) is 15.0 Å². The topological polar surface area (TPSA) is 38.7 Å². The van der Waals surface area contributed by atoms with Crippen molar-refractivity contribution >= 4 is 45.0 Å². The van der Waals surface area contributed by atoms with Crippen LogP contribution in [0.4, 0.5) is 0 Å².